The molecule has 0 amide bonds. The first-order valence-electron chi connectivity index (χ1n) is 19.6. The lowest BCUT2D eigenvalue weighted by atomic mass is 10.0. The molecule has 1 aromatic carbocycles. The smallest absolute Gasteiger partial charge is 0.317 e. The van der Waals surface area contributed by atoms with Crippen molar-refractivity contribution >= 4 is 11.9 Å². The zero-order valence-electron chi connectivity index (χ0n) is 34.7. The van der Waals surface area contributed by atoms with Gasteiger partial charge in [-0.05, 0) is 35.4 Å². The van der Waals surface area contributed by atoms with Crippen LogP contribution in [0, 0.1) is 0 Å². The maximum absolute atomic E-state index is 12.3. The second-order valence-corrected chi connectivity index (χ2v) is 10.5. The van der Waals surface area contributed by atoms with Crippen molar-refractivity contribution in [2.24, 2.45) is 0 Å². The van der Waals surface area contributed by atoms with Crippen molar-refractivity contribution in [1.82, 2.24) is 44.6 Å². The molecule has 0 radical (unpaired) electrons. The summed E-state index contributed by atoms with van der Waals surface area (Å²) in [6, 6.07) is 15.9. The van der Waals surface area contributed by atoms with Crippen LogP contribution in [0.3, 0.4) is 0 Å². The number of aromatic nitrogens is 5. The van der Waals surface area contributed by atoms with Gasteiger partial charge in [0.15, 0.2) is 0 Å². The van der Waals surface area contributed by atoms with Crippen molar-refractivity contribution in [2.45, 2.75) is 19.5 Å². The van der Waals surface area contributed by atoms with Crippen LogP contribution < -0.4 is 0 Å². The number of carboxylic acids is 2. The van der Waals surface area contributed by atoms with Crippen LogP contribution in [0.15, 0.2) is 66.9 Å². The monoisotopic (exact) mass is 635 g/mol. The van der Waals surface area contributed by atoms with Gasteiger partial charge in [0.05, 0.1) is 56.7 Å². The third-order valence-electron chi connectivity index (χ3n) is 7.33. The highest BCUT2D eigenvalue weighted by Gasteiger charge is 2.21. The number of pyridine rings is 2. The molecule has 0 saturated carbocycles. The van der Waals surface area contributed by atoms with Crippen LogP contribution in [-0.4, -0.2) is 132 Å². The minimum absolute atomic E-state index is 0.0150. The molecular formula is C33H39N9O4. The highest BCUT2D eigenvalue weighted by atomic mass is 16.4. The Morgan fingerprint density at radius 1 is 0.696 bits per heavy atom. The summed E-state index contributed by atoms with van der Waals surface area (Å²) in [5.41, 5.74) is 0.149. The molecule has 4 aromatic rings. The van der Waals surface area contributed by atoms with Crippen molar-refractivity contribution in [1.29, 1.82) is 0 Å². The minimum Gasteiger partial charge on any atom is -0.480 e. The van der Waals surface area contributed by atoms with Gasteiger partial charge in [0.2, 0.25) is 0 Å². The Morgan fingerprint density at radius 2 is 1.28 bits per heavy atom. The molecule has 6 heterocycles. The molecule has 0 aliphatic carbocycles. The van der Waals surface area contributed by atoms with E-state index in [9.17, 15) is 28.0 Å². The summed E-state index contributed by atoms with van der Waals surface area (Å²) in [5.74, 6) is -3.67. The van der Waals surface area contributed by atoms with E-state index in [2.05, 4.69) is 20.3 Å². The minimum atomic E-state index is -3.01. The summed E-state index contributed by atoms with van der Waals surface area (Å²) in [7, 11) is 0. The zero-order valence-corrected chi connectivity index (χ0v) is 24.7. The van der Waals surface area contributed by atoms with Crippen LogP contribution in [0.5, 0.6) is 0 Å². The molecule has 3 aliphatic heterocycles. The highest BCUT2D eigenvalue weighted by Crippen LogP contribution is 2.24. The number of benzene rings is 1. The average molecular weight is 636 g/mol. The fourth-order valence-corrected chi connectivity index (χ4v) is 5.14. The van der Waals surface area contributed by atoms with Gasteiger partial charge < -0.3 is 10.2 Å². The van der Waals surface area contributed by atoms with E-state index in [1.807, 2.05) is 0 Å². The summed E-state index contributed by atoms with van der Waals surface area (Å²) >= 11 is 0. The number of hydrogen-bond donors (Lipinski definition) is 2. The van der Waals surface area contributed by atoms with E-state index in [0.717, 1.165) is 19.4 Å². The summed E-state index contributed by atoms with van der Waals surface area (Å²) in [6.45, 7) is -17.1. The van der Waals surface area contributed by atoms with E-state index in [4.69, 9.17) is 5.48 Å². The number of carboxylic acid groups (broad SMARTS) is 2. The van der Waals surface area contributed by atoms with Crippen LogP contribution >= 0.6 is 0 Å². The molecule has 46 heavy (non-hydrogen) atoms. The van der Waals surface area contributed by atoms with Crippen LogP contribution in [0.4, 0.5) is 0 Å². The standard InChI is InChI=1S/C33H39N9O4/c43-32(44)23-40-13-9-38-10-14-41(24-33(45)46)16-12-39(11-15-40)21-28-17-26(25-5-2-1-3-6-25)18-29(35-28)22-42-31(19-34-37-42)30-8-4-7-27(20-38)36-30/h1-8,17-19H,9-16,20-24H2,(H,43,44)(H,45,46)/i20D2,21D2,22D2,23D2,24D2. The molecule has 13 nitrogen and oxygen atoms in total. The van der Waals surface area contributed by atoms with E-state index in [-0.39, 0.29) is 41.6 Å². The predicted molar refractivity (Wildman–Crippen MR) is 171 cm³/mol. The lowest BCUT2D eigenvalue weighted by Gasteiger charge is -2.33. The molecule has 3 aromatic heterocycles. The Bertz CT molecular complexity index is 2050. The van der Waals surface area contributed by atoms with Gasteiger partial charge >= 0.3 is 11.9 Å². The number of aliphatic carboxylic acids is 2. The van der Waals surface area contributed by atoms with Gasteiger partial charge in [-0.2, -0.15) is 0 Å². The maximum Gasteiger partial charge on any atom is 0.317 e. The van der Waals surface area contributed by atoms with Gasteiger partial charge in [0, 0.05) is 70.8 Å². The fourth-order valence-electron chi connectivity index (χ4n) is 5.14. The number of carbonyl (C=O) groups is 2. The molecule has 1 fully saturated rings. The second kappa shape index (κ2) is 14.7. The Labute approximate surface area is 281 Å². The normalized spacial score (nSPS) is 27.1. The molecule has 0 unspecified atom stereocenters. The summed E-state index contributed by atoms with van der Waals surface area (Å²) in [5, 5.41) is 27.8. The van der Waals surface area contributed by atoms with Crippen LogP contribution in [-0.2, 0) is 29.1 Å². The summed E-state index contributed by atoms with van der Waals surface area (Å²) < 4.78 is 91.1. The van der Waals surface area contributed by atoms with E-state index in [0.29, 0.717) is 11.1 Å². The quantitative estimate of drug-likeness (QED) is 0.330. The summed E-state index contributed by atoms with van der Waals surface area (Å²) in [4.78, 5) is 37.8. The number of hydrogen-bond acceptors (Lipinski definition) is 10. The number of rotatable bonds is 5. The molecule has 6 bridgehead atoms. The molecule has 1 saturated heterocycles. The Hall–Kier alpha value is -4.56. The molecule has 13 heteroatoms. The van der Waals surface area contributed by atoms with Crippen molar-refractivity contribution in [3.8, 4) is 22.5 Å². The van der Waals surface area contributed by atoms with E-state index in [1.54, 1.807) is 30.3 Å². The molecule has 2 N–H and O–H groups in total. The third kappa shape index (κ3) is 8.37. The Morgan fingerprint density at radius 3 is 1.89 bits per heavy atom. The molecule has 0 atom stereocenters. The lowest BCUT2D eigenvalue weighted by Crippen LogP contribution is -2.47. The van der Waals surface area contributed by atoms with Crippen LogP contribution in [0.25, 0.3) is 22.5 Å². The first-order valence-corrected chi connectivity index (χ1v) is 14.6. The van der Waals surface area contributed by atoms with Gasteiger partial charge in [0.25, 0.3) is 0 Å². The number of nitrogens with zero attached hydrogens (tertiary/aromatic N) is 9. The van der Waals surface area contributed by atoms with Crippen molar-refractivity contribution in [3.63, 3.8) is 0 Å². The van der Waals surface area contributed by atoms with E-state index in [1.165, 1.54) is 41.4 Å². The average Bonchev–Trinajstić information content (AvgIpc) is 3.66. The van der Waals surface area contributed by atoms with Gasteiger partial charge in [-0.25, -0.2) is 9.67 Å². The SMILES string of the molecule is [2H]C([2H])(C(=O)O)N1CCN2CCN(C([2H])([2H])C(=O)O)CCN(CC1)C([2H])([2H])c1cc(-c3ccccc3)cc(n1)C([2H])([2H])n1nncc1-c1cccc(n1)C2([2H])[2H]. The molecule has 3 aliphatic rings. The summed E-state index contributed by atoms with van der Waals surface area (Å²) in [6.07, 6.45) is 1.23. The van der Waals surface area contributed by atoms with Crippen LogP contribution in [0.1, 0.15) is 30.8 Å². The topological polar surface area (TPSA) is 144 Å². The van der Waals surface area contributed by atoms with E-state index >= 15 is 0 Å². The van der Waals surface area contributed by atoms with Gasteiger partial charge in [-0.15, -0.1) is 5.10 Å². The molecular weight excluding hydrogens is 586 g/mol. The Balaban J connectivity index is 1.65. The molecule has 7 rings (SSSR count). The first kappa shape index (κ1) is 21.3. The van der Waals surface area contributed by atoms with Gasteiger partial charge in [-0.3, -0.25) is 34.2 Å². The van der Waals surface area contributed by atoms with E-state index < -0.39 is 83.7 Å². The predicted octanol–water partition coefficient (Wildman–Crippen LogP) is 1.85. The Kier molecular flexibility index (Phi) is 6.79. The lowest BCUT2D eigenvalue weighted by molar-refractivity contribution is -0.139. The number of fused-ring (bicyclic) bond motifs is 8. The van der Waals surface area contributed by atoms with Gasteiger partial charge in [0.1, 0.15) is 5.69 Å². The maximum atomic E-state index is 12.3. The first-order chi connectivity index (χ1) is 26.2. The van der Waals surface area contributed by atoms with Gasteiger partial charge in [-0.1, -0.05) is 41.6 Å². The van der Waals surface area contributed by atoms with Crippen molar-refractivity contribution in [3.05, 3.63) is 83.9 Å². The second-order valence-electron chi connectivity index (χ2n) is 10.5. The third-order valence-corrected chi connectivity index (χ3v) is 7.33. The van der Waals surface area contributed by atoms with Crippen molar-refractivity contribution < 1.29 is 33.5 Å². The zero-order chi connectivity index (χ0) is 40.8. The van der Waals surface area contributed by atoms with Crippen LogP contribution in [0.2, 0.25) is 0 Å². The fraction of sp³-hybridized carbons (Fsp3) is 0.394. The molecule has 0 spiro atoms. The van der Waals surface area contributed by atoms with Crippen molar-refractivity contribution in [2.75, 3.05) is 65.4 Å². The largest absolute Gasteiger partial charge is 0.480 e. The molecule has 240 valence electrons. The highest BCUT2D eigenvalue weighted by molar-refractivity contribution is 5.69.